The highest BCUT2D eigenvalue weighted by Crippen LogP contribution is 2.26. The number of halogens is 1. The Morgan fingerprint density at radius 2 is 2.53 bits per heavy atom. The van der Waals surface area contributed by atoms with Gasteiger partial charge in [0.25, 0.3) is 0 Å². The van der Waals surface area contributed by atoms with Crippen molar-refractivity contribution in [2.75, 3.05) is 26.7 Å². The van der Waals surface area contributed by atoms with Crippen LogP contribution in [0, 0.1) is 0 Å². The lowest BCUT2D eigenvalue weighted by Gasteiger charge is -2.38. The molecule has 0 saturated carbocycles. The largest absolute Gasteiger partial charge is 0.374 e. The van der Waals surface area contributed by atoms with Gasteiger partial charge in [0.05, 0.1) is 12.7 Å². The summed E-state index contributed by atoms with van der Waals surface area (Å²) in [6, 6.07) is 3.31. The molecule has 5 heteroatoms. The monoisotopic (exact) mass is 344 g/mol. The highest BCUT2D eigenvalue weighted by atomic mass is 79.9. The molecule has 0 radical (unpaired) electrons. The van der Waals surface area contributed by atoms with Crippen LogP contribution in [0.15, 0.2) is 15.9 Å². The summed E-state index contributed by atoms with van der Waals surface area (Å²) >= 11 is 5.35. The Bertz CT molecular complexity index is 425. The number of likely N-dealkylation sites (N-methyl/N-ethyl adjacent to an activating group) is 1. The molecule has 2 saturated heterocycles. The molecule has 3 rings (SSSR count). The minimum atomic E-state index is 0.320. The molecule has 2 aliphatic heterocycles. The molecule has 3 atom stereocenters. The molecule has 0 spiro atoms. The van der Waals surface area contributed by atoms with E-state index in [1.165, 1.54) is 28.7 Å². The number of rotatable bonds is 4. The number of nitrogens with zero attached hydrogens (tertiary/aromatic N) is 1. The number of ether oxygens (including phenoxy) is 1. The second kappa shape index (κ2) is 6.22. The number of nitrogens with one attached hydrogen (secondary N) is 1. The Morgan fingerprint density at radius 3 is 3.26 bits per heavy atom. The topological polar surface area (TPSA) is 24.5 Å². The molecule has 1 aromatic heterocycles. The van der Waals surface area contributed by atoms with E-state index in [-0.39, 0.29) is 0 Å². The maximum absolute atomic E-state index is 6.11. The maximum atomic E-state index is 6.11. The highest BCUT2D eigenvalue weighted by Gasteiger charge is 2.35. The third kappa shape index (κ3) is 3.22. The predicted octanol–water partition coefficient (Wildman–Crippen LogP) is 2.50. The number of fused-ring (bicyclic) bond motifs is 1. The molecular weight excluding hydrogens is 324 g/mol. The first kappa shape index (κ1) is 14.0. The van der Waals surface area contributed by atoms with E-state index in [2.05, 4.69) is 37.6 Å². The van der Waals surface area contributed by atoms with Gasteiger partial charge in [0.1, 0.15) is 0 Å². The number of hydrogen-bond acceptors (Lipinski definition) is 4. The van der Waals surface area contributed by atoms with Crippen molar-refractivity contribution in [2.24, 2.45) is 0 Å². The first-order valence-electron chi connectivity index (χ1n) is 7.02. The van der Waals surface area contributed by atoms with Crippen LogP contribution < -0.4 is 5.32 Å². The Hall–Kier alpha value is 0.0600. The Kier molecular flexibility index (Phi) is 4.59. The van der Waals surface area contributed by atoms with Gasteiger partial charge in [-0.2, -0.15) is 0 Å². The highest BCUT2D eigenvalue weighted by molar-refractivity contribution is 9.10. The SMILES string of the molecule is CNC(Cc1cc(Br)cs1)C1CN2CCCC2CO1. The van der Waals surface area contributed by atoms with Crippen molar-refractivity contribution in [1.29, 1.82) is 0 Å². The molecule has 0 bridgehead atoms. The third-order valence-electron chi connectivity index (χ3n) is 4.28. The molecule has 0 aromatic carbocycles. The minimum absolute atomic E-state index is 0.320. The fraction of sp³-hybridized carbons (Fsp3) is 0.714. The normalized spacial score (nSPS) is 29.4. The molecule has 3 unspecified atom stereocenters. The summed E-state index contributed by atoms with van der Waals surface area (Å²) in [7, 11) is 2.05. The van der Waals surface area contributed by atoms with Crippen LogP contribution in [0.3, 0.4) is 0 Å². The van der Waals surface area contributed by atoms with Crippen molar-refractivity contribution >= 4 is 27.3 Å². The van der Waals surface area contributed by atoms with Gasteiger partial charge in [0.15, 0.2) is 0 Å². The minimum Gasteiger partial charge on any atom is -0.374 e. The first-order chi connectivity index (χ1) is 9.26. The van der Waals surface area contributed by atoms with Gasteiger partial charge in [-0.3, -0.25) is 4.90 Å². The van der Waals surface area contributed by atoms with Gasteiger partial charge in [-0.05, 0) is 54.9 Å². The molecule has 2 aliphatic rings. The summed E-state index contributed by atoms with van der Waals surface area (Å²) in [5.74, 6) is 0. The fourth-order valence-electron chi connectivity index (χ4n) is 3.18. The van der Waals surface area contributed by atoms with E-state index in [1.807, 2.05) is 18.4 Å². The van der Waals surface area contributed by atoms with Crippen molar-refractivity contribution < 1.29 is 4.74 Å². The van der Waals surface area contributed by atoms with Gasteiger partial charge in [0, 0.05) is 33.4 Å². The summed E-state index contributed by atoms with van der Waals surface area (Å²) in [5, 5.41) is 5.60. The van der Waals surface area contributed by atoms with E-state index in [0.717, 1.165) is 19.6 Å². The smallest absolute Gasteiger partial charge is 0.0858 e. The van der Waals surface area contributed by atoms with Gasteiger partial charge in [0.2, 0.25) is 0 Å². The summed E-state index contributed by atoms with van der Waals surface area (Å²) < 4.78 is 7.30. The molecule has 3 heterocycles. The average molecular weight is 345 g/mol. The molecule has 0 amide bonds. The fourth-order valence-corrected chi connectivity index (χ4v) is 4.69. The van der Waals surface area contributed by atoms with E-state index in [9.17, 15) is 0 Å². The zero-order valence-electron chi connectivity index (χ0n) is 11.3. The van der Waals surface area contributed by atoms with Gasteiger partial charge < -0.3 is 10.1 Å². The molecule has 1 aromatic rings. The van der Waals surface area contributed by atoms with Gasteiger partial charge in [-0.15, -0.1) is 11.3 Å². The van der Waals surface area contributed by atoms with E-state index in [1.54, 1.807) is 0 Å². The second-order valence-corrected chi connectivity index (χ2v) is 7.40. The Labute approximate surface area is 127 Å². The van der Waals surface area contributed by atoms with Crippen LogP contribution in [-0.4, -0.2) is 49.8 Å². The van der Waals surface area contributed by atoms with Crippen LogP contribution in [0.5, 0.6) is 0 Å². The van der Waals surface area contributed by atoms with E-state index < -0.39 is 0 Å². The van der Waals surface area contributed by atoms with E-state index >= 15 is 0 Å². The van der Waals surface area contributed by atoms with Gasteiger partial charge in [-0.25, -0.2) is 0 Å². The zero-order valence-corrected chi connectivity index (χ0v) is 13.7. The van der Waals surface area contributed by atoms with E-state index in [0.29, 0.717) is 18.2 Å². The molecular formula is C14H21BrN2OS. The van der Waals surface area contributed by atoms with Crippen LogP contribution in [0.4, 0.5) is 0 Å². The molecule has 19 heavy (non-hydrogen) atoms. The molecule has 0 aliphatic carbocycles. The Balaban J connectivity index is 1.62. The van der Waals surface area contributed by atoms with Gasteiger partial charge in [-0.1, -0.05) is 0 Å². The van der Waals surface area contributed by atoms with Crippen molar-refractivity contribution in [3.05, 3.63) is 20.8 Å². The summed E-state index contributed by atoms with van der Waals surface area (Å²) in [6.07, 6.45) is 4.02. The van der Waals surface area contributed by atoms with Crippen molar-refractivity contribution in [2.45, 2.75) is 37.5 Å². The lowest BCUT2D eigenvalue weighted by Crippen LogP contribution is -2.54. The zero-order chi connectivity index (χ0) is 13.2. The summed E-state index contributed by atoms with van der Waals surface area (Å²) in [4.78, 5) is 4.03. The Morgan fingerprint density at radius 1 is 1.63 bits per heavy atom. The molecule has 2 fully saturated rings. The number of thiophene rings is 1. The average Bonchev–Trinajstić information content (AvgIpc) is 3.03. The van der Waals surface area contributed by atoms with Crippen molar-refractivity contribution in [3.63, 3.8) is 0 Å². The first-order valence-corrected chi connectivity index (χ1v) is 8.69. The number of hydrogen-bond donors (Lipinski definition) is 1. The van der Waals surface area contributed by atoms with Crippen LogP contribution >= 0.6 is 27.3 Å². The van der Waals surface area contributed by atoms with Crippen molar-refractivity contribution in [3.8, 4) is 0 Å². The molecule has 1 N–H and O–H groups in total. The predicted molar refractivity (Wildman–Crippen MR) is 82.9 cm³/mol. The van der Waals surface area contributed by atoms with Crippen LogP contribution in [0.2, 0.25) is 0 Å². The molecule has 106 valence electrons. The van der Waals surface area contributed by atoms with E-state index in [4.69, 9.17) is 4.74 Å². The van der Waals surface area contributed by atoms with Crippen LogP contribution in [0.1, 0.15) is 17.7 Å². The van der Waals surface area contributed by atoms with Gasteiger partial charge >= 0.3 is 0 Å². The van der Waals surface area contributed by atoms with Crippen LogP contribution in [0.25, 0.3) is 0 Å². The number of morpholine rings is 1. The standard InChI is InChI=1S/C14H21BrN2OS/c1-16-13(6-12-5-10(15)9-19-12)14-7-17-4-2-3-11(17)8-18-14/h5,9,11,13-14,16H,2-4,6-8H2,1H3. The van der Waals surface area contributed by atoms with Crippen molar-refractivity contribution in [1.82, 2.24) is 10.2 Å². The lowest BCUT2D eigenvalue weighted by molar-refractivity contribution is -0.0633. The quantitative estimate of drug-likeness (QED) is 0.908. The second-order valence-electron chi connectivity index (χ2n) is 5.49. The van der Waals surface area contributed by atoms with Crippen LogP contribution in [-0.2, 0) is 11.2 Å². The third-order valence-corrected chi connectivity index (χ3v) is 6.00. The maximum Gasteiger partial charge on any atom is 0.0858 e. The lowest BCUT2D eigenvalue weighted by atomic mass is 10.0. The summed E-state index contributed by atoms with van der Waals surface area (Å²) in [5.41, 5.74) is 0. The molecule has 3 nitrogen and oxygen atoms in total. The summed E-state index contributed by atoms with van der Waals surface area (Å²) in [6.45, 7) is 3.26.